The Bertz CT molecular complexity index is 578. The Hall–Kier alpha value is -1.30. The highest BCUT2D eigenvalue weighted by atomic mass is 32.1. The summed E-state index contributed by atoms with van der Waals surface area (Å²) in [5.74, 6) is -0.220. The average Bonchev–Trinajstić information content (AvgIpc) is 3.17. The molecule has 1 aliphatic heterocycles. The minimum Gasteiger partial charge on any atom is -0.377 e. The number of aromatic nitrogens is 1. The number of ether oxygens (including phenoxy) is 1. The molecule has 1 aromatic carbocycles. The molecule has 0 bridgehead atoms. The summed E-state index contributed by atoms with van der Waals surface area (Å²) in [6.45, 7) is 3.77. The zero-order valence-electron chi connectivity index (χ0n) is 12.0. The second-order valence-electron chi connectivity index (χ2n) is 5.37. The number of rotatable bonds is 5. The Balaban J connectivity index is 1.58. The number of hydrogen-bond donors (Lipinski definition) is 1. The summed E-state index contributed by atoms with van der Waals surface area (Å²) in [6.07, 6.45) is 2.61. The third kappa shape index (κ3) is 3.67. The van der Waals surface area contributed by atoms with Crippen LogP contribution >= 0.6 is 11.3 Å². The zero-order chi connectivity index (χ0) is 14.7. The van der Waals surface area contributed by atoms with Crippen molar-refractivity contribution in [2.75, 3.05) is 6.61 Å². The molecule has 1 aliphatic rings. The van der Waals surface area contributed by atoms with Crippen molar-refractivity contribution >= 4 is 11.3 Å². The van der Waals surface area contributed by atoms with Crippen LogP contribution in [0.3, 0.4) is 0 Å². The van der Waals surface area contributed by atoms with Gasteiger partial charge in [-0.3, -0.25) is 0 Å². The lowest BCUT2D eigenvalue weighted by molar-refractivity contribution is 0.0831. The van der Waals surface area contributed by atoms with Crippen molar-refractivity contribution in [1.82, 2.24) is 10.3 Å². The Kier molecular flexibility index (Phi) is 4.63. The van der Waals surface area contributed by atoms with Crippen LogP contribution in [0, 0.1) is 5.82 Å². The summed E-state index contributed by atoms with van der Waals surface area (Å²) >= 11 is 1.59. The topological polar surface area (TPSA) is 34.2 Å². The first-order valence-corrected chi connectivity index (χ1v) is 8.15. The smallest absolute Gasteiger partial charge is 0.123 e. The standard InChI is InChI=1S/C16H19FN2OS/c1-11(15-3-2-8-20-15)18-9-14-10-21-16(19-14)12-4-6-13(17)7-5-12/h4-7,10-11,15,18H,2-3,8-9H2,1H3. The molecule has 3 rings (SSSR count). The van der Waals surface area contributed by atoms with E-state index in [1.807, 2.05) is 5.38 Å². The summed E-state index contributed by atoms with van der Waals surface area (Å²) in [6, 6.07) is 6.80. The van der Waals surface area contributed by atoms with Crippen molar-refractivity contribution in [3.8, 4) is 10.6 Å². The fourth-order valence-electron chi connectivity index (χ4n) is 2.51. The molecule has 2 unspecified atom stereocenters. The fourth-order valence-corrected chi connectivity index (χ4v) is 3.33. The first-order valence-electron chi connectivity index (χ1n) is 7.28. The first kappa shape index (κ1) is 14.6. The van der Waals surface area contributed by atoms with Crippen molar-refractivity contribution in [3.63, 3.8) is 0 Å². The normalized spacial score (nSPS) is 19.8. The highest BCUT2D eigenvalue weighted by molar-refractivity contribution is 7.13. The van der Waals surface area contributed by atoms with Crippen LogP contribution < -0.4 is 5.32 Å². The molecule has 1 fully saturated rings. The van der Waals surface area contributed by atoms with E-state index in [0.29, 0.717) is 12.1 Å². The maximum absolute atomic E-state index is 12.9. The van der Waals surface area contributed by atoms with E-state index in [9.17, 15) is 4.39 Å². The third-order valence-electron chi connectivity index (χ3n) is 3.77. The monoisotopic (exact) mass is 306 g/mol. The number of nitrogens with zero attached hydrogens (tertiary/aromatic N) is 1. The van der Waals surface area contributed by atoms with E-state index in [0.717, 1.165) is 42.3 Å². The predicted molar refractivity (Wildman–Crippen MR) is 82.8 cm³/mol. The van der Waals surface area contributed by atoms with E-state index < -0.39 is 0 Å². The summed E-state index contributed by atoms with van der Waals surface area (Å²) in [4.78, 5) is 4.60. The molecule has 5 heteroatoms. The Labute approximate surface area is 128 Å². The van der Waals surface area contributed by atoms with Crippen LogP contribution in [-0.2, 0) is 11.3 Å². The predicted octanol–water partition coefficient (Wildman–Crippen LogP) is 3.61. The molecule has 0 aliphatic carbocycles. The Morgan fingerprint density at radius 1 is 1.43 bits per heavy atom. The third-order valence-corrected chi connectivity index (χ3v) is 4.71. The molecule has 0 amide bonds. The summed E-state index contributed by atoms with van der Waals surface area (Å²) in [5, 5.41) is 6.45. The first-order chi connectivity index (χ1) is 10.2. The number of halogens is 1. The molecule has 0 radical (unpaired) electrons. The van der Waals surface area contributed by atoms with Gasteiger partial charge in [0.05, 0.1) is 11.8 Å². The van der Waals surface area contributed by atoms with Crippen LogP contribution in [0.2, 0.25) is 0 Å². The van der Waals surface area contributed by atoms with Crippen molar-refractivity contribution in [2.24, 2.45) is 0 Å². The van der Waals surface area contributed by atoms with Gasteiger partial charge in [0.2, 0.25) is 0 Å². The molecule has 2 aromatic rings. The van der Waals surface area contributed by atoms with Gasteiger partial charge in [-0.25, -0.2) is 9.37 Å². The van der Waals surface area contributed by atoms with Crippen molar-refractivity contribution in [3.05, 3.63) is 41.2 Å². The molecule has 2 atom stereocenters. The molecule has 0 spiro atoms. The second kappa shape index (κ2) is 6.64. The van der Waals surface area contributed by atoms with Crippen molar-refractivity contribution < 1.29 is 9.13 Å². The second-order valence-corrected chi connectivity index (χ2v) is 6.23. The Morgan fingerprint density at radius 3 is 2.95 bits per heavy atom. The number of hydrogen-bond acceptors (Lipinski definition) is 4. The highest BCUT2D eigenvalue weighted by Gasteiger charge is 2.21. The van der Waals surface area contributed by atoms with Gasteiger partial charge >= 0.3 is 0 Å². The van der Waals surface area contributed by atoms with Crippen LogP contribution in [0.1, 0.15) is 25.5 Å². The molecule has 0 saturated carbocycles. The zero-order valence-corrected chi connectivity index (χ0v) is 12.8. The van der Waals surface area contributed by atoms with E-state index >= 15 is 0 Å². The highest BCUT2D eigenvalue weighted by Crippen LogP contribution is 2.24. The van der Waals surface area contributed by atoms with Crippen LogP contribution in [0.25, 0.3) is 10.6 Å². The lowest BCUT2D eigenvalue weighted by Crippen LogP contribution is -2.36. The lowest BCUT2D eigenvalue weighted by atomic mass is 10.1. The summed E-state index contributed by atoms with van der Waals surface area (Å²) in [7, 11) is 0. The molecular weight excluding hydrogens is 287 g/mol. The van der Waals surface area contributed by atoms with Gasteiger partial charge in [-0.1, -0.05) is 0 Å². The molecule has 112 valence electrons. The van der Waals surface area contributed by atoms with Crippen LogP contribution in [-0.4, -0.2) is 23.7 Å². The van der Waals surface area contributed by atoms with Gasteiger partial charge in [0.25, 0.3) is 0 Å². The fraction of sp³-hybridized carbons (Fsp3) is 0.438. The SMILES string of the molecule is CC(NCc1csc(-c2ccc(F)cc2)n1)C1CCCO1. The number of thiazole rings is 1. The Morgan fingerprint density at radius 2 is 2.24 bits per heavy atom. The maximum atomic E-state index is 12.9. The van der Waals surface area contributed by atoms with Gasteiger partial charge in [0.15, 0.2) is 0 Å². The van der Waals surface area contributed by atoms with Crippen LogP contribution in [0.4, 0.5) is 4.39 Å². The quantitative estimate of drug-likeness (QED) is 0.916. The maximum Gasteiger partial charge on any atom is 0.123 e. The average molecular weight is 306 g/mol. The minimum atomic E-state index is -0.220. The molecule has 2 heterocycles. The van der Waals surface area contributed by atoms with E-state index in [-0.39, 0.29) is 5.82 Å². The molecule has 3 nitrogen and oxygen atoms in total. The largest absolute Gasteiger partial charge is 0.377 e. The van der Waals surface area contributed by atoms with Gasteiger partial charge in [0.1, 0.15) is 10.8 Å². The minimum absolute atomic E-state index is 0.220. The van der Waals surface area contributed by atoms with Crippen molar-refractivity contribution in [2.45, 2.75) is 38.5 Å². The van der Waals surface area contributed by atoms with Gasteiger partial charge in [-0.2, -0.15) is 0 Å². The molecular formula is C16H19FN2OS. The van der Waals surface area contributed by atoms with Crippen LogP contribution in [0.5, 0.6) is 0 Å². The van der Waals surface area contributed by atoms with E-state index in [4.69, 9.17) is 4.74 Å². The number of benzene rings is 1. The van der Waals surface area contributed by atoms with E-state index in [1.165, 1.54) is 12.1 Å². The molecule has 1 aromatic heterocycles. The number of nitrogens with one attached hydrogen (secondary N) is 1. The van der Waals surface area contributed by atoms with Crippen molar-refractivity contribution in [1.29, 1.82) is 0 Å². The van der Waals surface area contributed by atoms with Gasteiger partial charge in [-0.05, 0) is 44.0 Å². The summed E-state index contributed by atoms with van der Waals surface area (Å²) in [5.41, 5.74) is 1.98. The van der Waals surface area contributed by atoms with Gasteiger partial charge < -0.3 is 10.1 Å². The van der Waals surface area contributed by atoms with E-state index in [1.54, 1.807) is 23.5 Å². The molecule has 21 heavy (non-hydrogen) atoms. The van der Waals surface area contributed by atoms with Gasteiger partial charge in [0, 0.05) is 30.1 Å². The van der Waals surface area contributed by atoms with E-state index in [2.05, 4.69) is 17.2 Å². The summed E-state index contributed by atoms with van der Waals surface area (Å²) < 4.78 is 18.6. The molecule has 1 saturated heterocycles. The van der Waals surface area contributed by atoms with Crippen LogP contribution in [0.15, 0.2) is 29.6 Å². The molecule has 1 N–H and O–H groups in total. The van der Waals surface area contributed by atoms with Gasteiger partial charge in [-0.15, -0.1) is 11.3 Å². The lowest BCUT2D eigenvalue weighted by Gasteiger charge is -2.19.